The first-order chi connectivity index (χ1) is 13.5. The summed E-state index contributed by atoms with van der Waals surface area (Å²) in [7, 11) is 0. The summed E-state index contributed by atoms with van der Waals surface area (Å²) in [6.45, 7) is 10.4. The molecule has 1 aliphatic heterocycles. The summed E-state index contributed by atoms with van der Waals surface area (Å²) in [5.74, 6) is 0.593. The van der Waals surface area contributed by atoms with Crippen LogP contribution in [-0.2, 0) is 4.74 Å². The first-order valence-corrected chi connectivity index (χ1v) is 10.3. The molecule has 0 spiro atoms. The lowest BCUT2D eigenvalue weighted by molar-refractivity contribution is 0.0944. The molecular weight excluding hydrogens is 356 g/mol. The summed E-state index contributed by atoms with van der Waals surface area (Å²) in [5.41, 5.74) is 2.13. The zero-order valence-corrected chi connectivity index (χ0v) is 17.3. The van der Waals surface area contributed by atoms with Crippen molar-refractivity contribution in [2.45, 2.75) is 40.0 Å². The fraction of sp³-hybridized carbons (Fsp3) is 0.619. The third-order valence-corrected chi connectivity index (χ3v) is 4.92. The maximum Gasteiger partial charge on any atom is 0.319 e. The monoisotopic (exact) mass is 390 g/mol. The Labute approximate surface area is 168 Å². The van der Waals surface area contributed by atoms with Crippen LogP contribution in [0.3, 0.4) is 0 Å². The third-order valence-electron chi connectivity index (χ3n) is 4.92. The minimum Gasteiger partial charge on any atom is -0.382 e. The Morgan fingerprint density at radius 1 is 1.18 bits per heavy atom. The fourth-order valence-corrected chi connectivity index (χ4v) is 3.27. The van der Waals surface area contributed by atoms with Crippen molar-refractivity contribution in [3.8, 4) is 0 Å². The predicted octanol–water partition coefficient (Wildman–Crippen LogP) is 3.22. The van der Waals surface area contributed by atoms with E-state index in [1.54, 1.807) is 6.07 Å². The largest absolute Gasteiger partial charge is 0.382 e. The number of anilines is 2. The minimum atomic E-state index is -0.273. The lowest BCUT2D eigenvalue weighted by atomic mass is 9.98. The van der Waals surface area contributed by atoms with E-state index < -0.39 is 0 Å². The van der Waals surface area contributed by atoms with Gasteiger partial charge in [0.15, 0.2) is 0 Å². The summed E-state index contributed by atoms with van der Waals surface area (Å²) in [4.78, 5) is 27.0. The van der Waals surface area contributed by atoms with E-state index >= 15 is 0 Å². The Bertz CT molecular complexity index is 643. The van der Waals surface area contributed by atoms with Crippen molar-refractivity contribution in [3.63, 3.8) is 0 Å². The molecule has 0 bridgehead atoms. The number of carbonyl (C=O) groups is 2. The van der Waals surface area contributed by atoms with Gasteiger partial charge in [-0.05, 0) is 57.2 Å². The molecule has 1 saturated heterocycles. The molecule has 0 atom stereocenters. The summed E-state index contributed by atoms with van der Waals surface area (Å²) in [6.07, 6.45) is 3.01. The molecule has 28 heavy (non-hydrogen) atoms. The average Bonchev–Trinajstić information content (AvgIpc) is 2.68. The number of urea groups is 1. The van der Waals surface area contributed by atoms with Gasteiger partial charge >= 0.3 is 6.03 Å². The van der Waals surface area contributed by atoms with Gasteiger partial charge < -0.3 is 25.6 Å². The highest BCUT2D eigenvalue weighted by molar-refractivity contribution is 6.02. The van der Waals surface area contributed by atoms with Crippen LogP contribution < -0.4 is 20.9 Å². The van der Waals surface area contributed by atoms with Crippen LogP contribution in [0.15, 0.2) is 18.2 Å². The van der Waals surface area contributed by atoms with Crippen molar-refractivity contribution in [1.82, 2.24) is 10.6 Å². The van der Waals surface area contributed by atoms with Crippen LogP contribution in [0.4, 0.5) is 16.2 Å². The number of hydrogen-bond donors (Lipinski definition) is 3. The molecule has 2 rings (SSSR count). The van der Waals surface area contributed by atoms with E-state index in [4.69, 9.17) is 4.74 Å². The highest BCUT2D eigenvalue weighted by Gasteiger charge is 2.21. The molecule has 1 aromatic carbocycles. The third kappa shape index (κ3) is 6.71. The van der Waals surface area contributed by atoms with Crippen molar-refractivity contribution in [2.24, 2.45) is 5.92 Å². The highest BCUT2D eigenvalue weighted by atomic mass is 16.5. The van der Waals surface area contributed by atoms with E-state index in [1.807, 2.05) is 26.0 Å². The summed E-state index contributed by atoms with van der Waals surface area (Å²) >= 11 is 0. The van der Waals surface area contributed by atoms with Gasteiger partial charge in [-0.25, -0.2) is 4.79 Å². The molecule has 0 saturated carbocycles. The smallest absolute Gasteiger partial charge is 0.319 e. The predicted molar refractivity (Wildman–Crippen MR) is 113 cm³/mol. The zero-order valence-electron chi connectivity index (χ0n) is 17.3. The molecule has 156 valence electrons. The lowest BCUT2D eigenvalue weighted by Gasteiger charge is -2.33. The second-order valence-corrected chi connectivity index (χ2v) is 7.19. The number of amides is 3. The fourth-order valence-electron chi connectivity index (χ4n) is 3.27. The van der Waals surface area contributed by atoms with Crippen molar-refractivity contribution in [2.75, 3.05) is 49.6 Å². The molecule has 0 aliphatic carbocycles. The molecular formula is C21H34N4O3. The van der Waals surface area contributed by atoms with Gasteiger partial charge in [-0.3, -0.25) is 4.79 Å². The van der Waals surface area contributed by atoms with Gasteiger partial charge in [0.1, 0.15) is 0 Å². The van der Waals surface area contributed by atoms with Gasteiger partial charge in [0.25, 0.3) is 5.91 Å². The first-order valence-electron chi connectivity index (χ1n) is 10.3. The standard InChI is InChI=1S/C21H34N4O3/c1-4-22-21(27)24-17-7-8-19(25-12-9-16(3)10-13-25)18(15-17)20(26)23-11-6-14-28-5-2/h7-8,15-16H,4-6,9-14H2,1-3H3,(H,23,26)(H2,22,24,27). The Kier molecular flexibility index (Phi) is 9.07. The Hall–Kier alpha value is -2.28. The number of piperidine rings is 1. The van der Waals surface area contributed by atoms with Gasteiger partial charge in [-0.15, -0.1) is 0 Å². The number of benzene rings is 1. The Balaban J connectivity index is 2.13. The molecule has 0 unspecified atom stereocenters. The maximum atomic E-state index is 12.9. The molecule has 7 heteroatoms. The normalized spacial score (nSPS) is 14.6. The van der Waals surface area contributed by atoms with Gasteiger partial charge in [0.2, 0.25) is 0 Å². The quantitative estimate of drug-likeness (QED) is 0.566. The second kappa shape index (κ2) is 11.5. The van der Waals surface area contributed by atoms with Crippen LogP contribution in [0.5, 0.6) is 0 Å². The van der Waals surface area contributed by atoms with E-state index in [1.165, 1.54) is 0 Å². The van der Waals surface area contributed by atoms with Gasteiger partial charge in [0.05, 0.1) is 5.56 Å². The van der Waals surface area contributed by atoms with E-state index in [2.05, 4.69) is 27.8 Å². The van der Waals surface area contributed by atoms with E-state index in [0.717, 1.165) is 38.0 Å². The number of ether oxygens (including phenoxy) is 1. The van der Waals surface area contributed by atoms with Crippen LogP contribution in [0, 0.1) is 5.92 Å². The van der Waals surface area contributed by atoms with Crippen LogP contribution in [-0.4, -0.2) is 51.3 Å². The molecule has 1 fully saturated rings. The van der Waals surface area contributed by atoms with Crippen LogP contribution in [0.1, 0.15) is 50.4 Å². The molecule has 1 aromatic rings. The number of nitrogens with zero attached hydrogens (tertiary/aromatic N) is 1. The summed E-state index contributed by atoms with van der Waals surface area (Å²) in [5, 5.41) is 8.47. The SMILES string of the molecule is CCNC(=O)Nc1ccc(N2CCC(C)CC2)c(C(=O)NCCCOCC)c1. The number of rotatable bonds is 9. The van der Waals surface area contributed by atoms with Gasteiger partial charge in [-0.1, -0.05) is 6.92 Å². The van der Waals surface area contributed by atoms with Crippen LogP contribution in [0.2, 0.25) is 0 Å². The van der Waals surface area contributed by atoms with Crippen molar-refractivity contribution >= 4 is 23.3 Å². The molecule has 1 heterocycles. The Morgan fingerprint density at radius 3 is 2.61 bits per heavy atom. The van der Waals surface area contributed by atoms with E-state index in [-0.39, 0.29) is 11.9 Å². The molecule has 0 aromatic heterocycles. The second-order valence-electron chi connectivity index (χ2n) is 7.19. The number of hydrogen-bond acceptors (Lipinski definition) is 4. The van der Waals surface area contributed by atoms with Crippen molar-refractivity contribution < 1.29 is 14.3 Å². The zero-order chi connectivity index (χ0) is 20.4. The first kappa shape index (κ1) is 22.0. The molecule has 3 amide bonds. The minimum absolute atomic E-state index is 0.121. The molecule has 1 aliphatic rings. The van der Waals surface area contributed by atoms with Crippen LogP contribution >= 0.6 is 0 Å². The number of carbonyl (C=O) groups excluding carboxylic acids is 2. The Morgan fingerprint density at radius 2 is 1.93 bits per heavy atom. The average molecular weight is 391 g/mol. The molecule has 0 radical (unpaired) electrons. The van der Waals surface area contributed by atoms with Crippen molar-refractivity contribution in [1.29, 1.82) is 0 Å². The number of nitrogens with one attached hydrogen (secondary N) is 3. The topological polar surface area (TPSA) is 82.7 Å². The summed E-state index contributed by atoms with van der Waals surface area (Å²) in [6, 6.07) is 5.28. The van der Waals surface area contributed by atoms with Crippen LogP contribution in [0.25, 0.3) is 0 Å². The van der Waals surface area contributed by atoms with Crippen molar-refractivity contribution in [3.05, 3.63) is 23.8 Å². The van der Waals surface area contributed by atoms with Gasteiger partial charge in [0, 0.05) is 50.8 Å². The lowest BCUT2D eigenvalue weighted by Crippen LogP contribution is -2.35. The van der Waals surface area contributed by atoms with E-state index in [9.17, 15) is 9.59 Å². The molecule has 7 nitrogen and oxygen atoms in total. The summed E-state index contributed by atoms with van der Waals surface area (Å²) < 4.78 is 5.32. The van der Waals surface area contributed by atoms with E-state index in [0.29, 0.717) is 43.5 Å². The molecule has 3 N–H and O–H groups in total. The highest BCUT2D eigenvalue weighted by Crippen LogP contribution is 2.28. The van der Waals surface area contributed by atoms with Gasteiger partial charge in [-0.2, -0.15) is 0 Å². The maximum absolute atomic E-state index is 12.9.